The molecule has 3 rings (SSSR count). The number of piperidine rings is 1. The van der Waals surface area contributed by atoms with Crippen LogP contribution in [0.5, 0.6) is 0 Å². The lowest BCUT2D eigenvalue weighted by Crippen LogP contribution is -2.60. The van der Waals surface area contributed by atoms with E-state index in [4.69, 9.17) is 6.42 Å². The average Bonchev–Trinajstić information content (AvgIpc) is 3.51. The minimum atomic E-state index is -0.743. The summed E-state index contributed by atoms with van der Waals surface area (Å²) in [4.78, 5) is 60.2. The zero-order chi connectivity index (χ0) is 34.3. The van der Waals surface area contributed by atoms with Crippen LogP contribution in [0.2, 0.25) is 0 Å². The molecule has 1 aromatic carbocycles. The van der Waals surface area contributed by atoms with Crippen molar-refractivity contribution >= 4 is 29.3 Å². The third-order valence-electron chi connectivity index (χ3n) is 9.28. The Hall–Kier alpha value is -3.64. The number of terminal acetylenes is 1. The number of hydrogen-bond acceptors (Lipinski definition) is 5. The van der Waals surface area contributed by atoms with Gasteiger partial charge in [0.2, 0.25) is 23.6 Å². The van der Waals surface area contributed by atoms with Gasteiger partial charge in [-0.25, -0.2) is 0 Å². The van der Waals surface area contributed by atoms with Crippen LogP contribution in [-0.2, 0) is 19.2 Å². The van der Waals surface area contributed by atoms with E-state index in [1.165, 1.54) is 0 Å². The second-order valence-corrected chi connectivity index (χ2v) is 14.6. The number of amides is 4. The van der Waals surface area contributed by atoms with Crippen molar-refractivity contribution in [2.75, 3.05) is 25.5 Å². The van der Waals surface area contributed by atoms with Gasteiger partial charge in [-0.2, -0.15) is 0 Å². The molecule has 0 radical (unpaired) electrons. The van der Waals surface area contributed by atoms with Crippen molar-refractivity contribution < 1.29 is 19.2 Å². The zero-order valence-corrected chi connectivity index (χ0v) is 29.4. The Kier molecular flexibility index (Phi) is 12.6. The molecule has 0 saturated carbocycles. The highest BCUT2D eigenvalue weighted by Crippen LogP contribution is 2.27. The number of nitrogens with one attached hydrogen (secondary N) is 2. The molecule has 252 valence electrons. The fourth-order valence-electron chi connectivity index (χ4n) is 6.55. The van der Waals surface area contributed by atoms with Gasteiger partial charge in [0.25, 0.3) is 0 Å². The van der Waals surface area contributed by atoms with E-state index in [-0.39, 0.29) is 41.6 Å². The number of carbonyl (C=O) groups is 4. The Labute approximate surface area is 276 Å². The van der Waals surface area contributed by atoms with Crippen LogP contribution in [-0.4, -0.2) is 88.7 Å². The summed E-state index contributed by atoms with van der Waals surface area (Å²) in [5.41, 5.74) is 1.28. The number of nitrogens with zero attached hydrogens (tertiary/aromatic N) is 3. The van der Waals surface area contributed by atoms with E-state index in [2.05, 4.69) is 35.3 Å². The van der Waals surface area contributed by atoms with Gasteiger partial charge in [0.15, 0.2) is 0 Å². The van der Waals surface area contributed by atoms with E-state index >= 15 is 0 Å². The number of hydrogen-bond donors (Lipinski definition) is 2. The van der Waals surface area contributed by atoms with Crippen LogP contribution in [0, 0.1) is 23.7 Å². The third-order valence-corrected chi connectivity index (χ3v) is 9.28. The average molecular weight is 634 g/mol. The first-order chi connectivity index (χ1) is 21.6. The molecular weight excluding hydrogens is 578 g/mol. The van der Waals surface area contributed by atoms with Crippen molar-refractivity contribution in [3.8, 4) is 12.3 Å². The van der Waals surface area contributed by atoms with Gasteiger partial charge in [0, 0.05) is 36.5 Å². The predicted octanol–water partition coefficient (Wildman–Crippen LogP) is 4.82. The molecule has 4 amide bonds. The quantitative estimate of drug-likeness (QED) is 0.284. The third kappa shape index (κ3) is 9.00. The maximum atomic E-state index is 14.1. The van der Waals surface area contributed by atoms with Crippen LogP contribution in [0.15, 0.2) is 35.9 Å². The fraction of sp³-hybridized carbons (Fsp3) is 0.622. The maximum Gasteiger partial charge on any atom is 0.249 e. The molecule has 2 fully saturated rings. The molecule has 2 aliphatic rings. The summed E-state index contributed by atoms with van der Waals surface area (Å²) in [6.07, 6.45) is 11.4. The van der Waals surface area contributed by atoms with Crippen LogP contribution in [0.4, 0.5) is 5.69 Å². The van der Waals surface area contributed by atoms with Gasteiger partial charge in [-0.05, 0) is 88.6 Å². The molecule has 9 nitrogen and oxygen atoms in total. The number of benzene rings is 1. The number of anilines is 1. The molecule has 0 aromatic heterocycles. The molecule has 2 N–H and O–H groups in total. The minimum Gasteiger partial charge on any atom is -0.342 e. The Morgan fingerprint density at radius 1 is 0.957 bits per heavy atom. The van der Waals surface area contributed by atoms with Crippen molar-refractivity contribution in [2.24, 2.45) is 11.3 Å². The summed E-state index contributed by atoms with van der Waals surface area (Å²) >= 11 is 0. The SMILES string of the molecule is C#Cc1ccc(NC(=O)[C@@H]2CCCN2C(=O)C(C)=CC(C(C)C)N(C)C(=O)[C@@H](NC(=O)[C@H]2CCCCN2C(C)C)C(C)(C)C)cc1. The summed E-state index contributed by atoms with van der Waals surface area (Å²) in [6.45, 7) is 17.2. The molecule has 0 spiro atoms. The van der Waals surface area contributed by atoms with E-state index in [9.17, 15) is 19.2 Å². The predicted molar refractivity (Wildman–Crippen MR) is 184 cm³/mol. The first-order valence-corrected chi connectivity index (χ1v) is 16.8. The molecular formula is C37H55N5O4. The van der Waals surface area contributed by atoms with Crippen LogP contribution >= 0.6 is 0 Å². The molecule has 9 heteroatoms. The molecule has 2 saturated heterocycles. The van der Waals surface area contributed by atoms with Gasteiger partial charge in [0.05, 0.1) is 12.1 Å². The summed E-state index contributed by atoms with van der Waals surface area (Å²) in [5, 5.41) is 6.04. The highest BCUT2D eigenvalue weighted by atomic mass is 16.2. The molecule has 4 atom stereocenters. The van der Waals surface area contributed by atoms with E-state index in [1.54, 1.807) is 48.0 Å². The number of rotatable bonds is 10. The van der Waals surface area contributed by atoms with E-state index < -0.39 is 23.5 Å². The van der Waals surface area contributed by atoms with Gasteiger partial charge < -0.3 is 20.4 Å². The van der Waals surface area contributed by atoms with Crippen LogP contribution in [0.3, 0.4) is 0 Å². The Morgan fingerprint density at radius 2 is 1.59 bits per heavy atom. The smallest absolute Gasteiger partial charge is 0.249 e. The van der Waals surface area contributed by atoms with Crippen LogP contribution < -0.4 is 10.6 Å². The van der Waals surface area contributed by atoms with Gasteiger partial charge in [-0.1, -0.05) is 53.0 Å². The molecule has 2 heterocycles. The van der Waals surface area contributed by atoms with Gasteiger partial charge in [-0.15, -0.1) is 6.42 Å². The van der Waals surface area contributed by atoms with E-state index in [0.29, 0.717) is 24.2 Å². The Morgan fingerprint density at radius 3 is 2.15 bits per heavy atom. The Bertz CT molecular complexity index is 1320. The summed E-state index contributed by atoms with van der Waals surface area (Å²) < 4.78 is 0. The van der Waals surface area contributed by atoms with Crippen LogP contribution in [0.25, 0.3) is 0 Å². The fourth-order valence-corrected chi connectivity index (χ4v) is 6.55. The number of likely N-dealkylation sites (N-methyl/N-ethyl adjacent to an activating group) is 1. The molecule has 1 aromatic rings. The molecule has 46 heavy (non-hydrogen) atoms. The van der Waals surface area contributed by atoms with Crippen LogP contribution in [0.1, 0.15) is 93.1 Å². The lowest BCUT2D eigenvalue weighted by Gasteiger charge is -2.41. The highest BCUT2D eigenvalue weighted by molar-refractivity contribution is 6.01. The second kappa shape index (κ2) is 15.8. The first kappa shape index (κ1) is 36.8. The lowest BCUT2D eigenvalue weighted by molar-refractivity contribution is -0.142. The van der Waals surface area contributed by atoms with Crippen molar-refractivity contribution in [1.29, 1.82) is 0 Å². The van der Waals surface area contributed by atoms with Crippen molar-refractivity contribution in [2.45, 2.75) is 118 Å². The van der Waals surface area contributed by atoms with E-state index in [1.807, 2.05) is 40.7 Å². The Balaban J connectivity index is 1.77. The minimum absolute atomic E-state index is 0.00791. The normalized spacial score (nSPS) is 20.7. The summed E-state index contributed by atoms with van der Waals surface area (Å²) in [6, 6.07) is 5.27. The first-order valence-electron chi connectivity index (χ1n) is 16.8. The largest absolute Gasteiger partial charge is 0.342 e. The molecule has 0 bridgehead atoms. The second-order valence-electron chi connectivity index (χ2n) is 14.6. The number of likely N-dealkylation sites (tertiary alicyclic amines) is 2. The van der Waals surface area contributed by atoms with Gasteiger partial charge >= 0.3 is 0 Å². The monoisotopic (exact) mass is 633 g/mol. The lowest BCUT2D eigenvalue weighted by atomic mass is 9.84. The van der Waals surface area contributed by atoms with Crippen molar-refractivity contribution in [1.82, 2.24) is 20.0 Å². The van der Waals surface area contributed by atoms with Crippen molar-refractivity contribution in [3.05, 3.63) is 41.5 Å². The van der Waals surface area contributed by atoms with Gasteiger partial charge in [0.1, 0.15) is 12.1 Å². The highest BCUT2D eigenvalue weighted by Gasteiger charge is 2.40. The summed E-state index contributed by atoms with van der Waals surface area (Å²) in [7, 11) is 1.74. The standard InChI is InChI=1S/C37H55N5O4/c1-11-27-17-19-28(20-18-27)38-33(43)30-16-14-22-42(30)35(45)26(6)23-31(24(2)3)40(10)36(46)32(37(7,8)9)39-34(44)29-15-12-13-21-41(29)25(4)5/h1,17-20,23-25,29-32H,12-16,21-22H2,2-10H3,(H,38,43)(H,39,44)/t29-,30+,31?,32-/m1/s1. The number of carbonyl (C=O) groups excluding carboxylic acids is 4. The zero-order valence-electron chi connectivity index (χ0n) is 29.4. The molecule has 2 aliphatic heterocycles. The van der Waals surface area contributed by atoms with E-state index in [0.717, 1.165) is 37.8 Å². The topological polar surface area (TPSA) is 102 Å². The van der Waals surface area contributed by atoms with Gasteiger partial charge in [-0.3, -0.25) is 24.1 Å². The summed E-state index contributed by atoms with van der Waals surface area (Å²) in [5.74, 6) is 1.78. The maximum absolute atomic E-state index is 14.1. The van der Waals surface area contributed by atoms with Crippen molar-refractivity contribution in [3.63, 3.8) is 0 Å². The molecule has 1 unspecified atom stereocenters. The molecule has 0 aliphatic carbocycles.